The molecule has 4 heteroatoms. The van der Waals surface area contributed by atoms with Crippen molar-refractivity contribution in [3.8, 4) is 16.9 Å². The van der Waals surface area contributed by atoms with Crippen molar-refractivity contribution in [2.75, 3.05) is 6.61 Å². The molecule has 1 heterocycles. The lowest BCUT2D eigenvalue weighted by Crippen LogP contribution is -2.06. The molecule has 22 heavy (non-hydrogen) atoms. The average Bonchev–Trinajstić information content (AvgIpc) is 2.47. The minimum atomic E-state index is -0.374. The van der Waals surface area contributed by atoms with Crippen molar-refractivity contribution < 1.29 is 9.15 Å². The van der Waals surface area contributed by atoms with Crippen molar-refractivity contribution in [1.29, 1.82) is 0 Å². The first kappa shape index (κ1) is 14.7. The Balaban J connectivity index is 2.25. The third-order valence-corrected chi connectivity index (χ3v) is 3.80. The normalized spacial score (nSPS) is 10.9. The van der Waals surface area contributed by atoms with Crippen LogP contribution in [0.1, 0.15) is 12.5 Å². The maximum Gasteiger partial charge on any atom is 0.344 e. The number of rotatable bonds is 3. The highest BCUT2D eigenvalue weighted by Crippen LogP contribution is 2.29. The van der Waals surface area contributed by atoms with Crippen LogP contribution in [0, 0.1) is 6.92 Å². The summed E-state index contributed by atoms with van der Waals surface area (Å²) in [7, 11) is 0. The maximum absolute atomic E-state index is 12.4. The van der Waals surface area contributed by atoms with Crippen molar-refractivity contribution in [2.45, 2.75) is 13.8 Å². The minimum Gasteiger partial charge on any atom is -0.494 e. The van der Waals surface area contributed by atoms with E-state index in [1.165, 1.54) is 0 Å². The second-order valence-corrected chi connectivity index (χ2v) is 5.43. The molecule has 0 aliphatic rings. The lowest BCUT2D eigenvalue weighted by Gasteiger charge is -2.09. The highest BCUT2D eigenvalue weighted by Gasteiger charge is 2.14. The van der Waals surface area contributed by atoms with E-state index in [0.717, 1.165) is 16.5 Å². The molecule has 3 rings (SSSR count). The SMILES string of the molecule is CCOc1ccc2c(C)c(-c3cccc(Cl)c3)c(=O)oc2c1. The van der Waals surface area contributed by atoms with Gasteiger partial charge in [-0.3, -0.25) is 0 Å². The zero-order valence-corrected chi connectivity index (χ0v) is 13.1. The molecular formula is C18H15ClO3. The van der Waals surface area contributed by atoms with Gasteiger partial charge < -0.3 is 9.15 Å². The number of benzene rings is 2. The van der Waals surface area contributed by atoms with Gasteiger partial charge in [-0.15, -0.1) is 0 Å². The van der Waals surface area contributed by atoms with Gasteiger partial charge >= 0.3 is 5.63 Å². The second kappa shape index (κ2) is 5.85. The maximum atomic E-state index is 12.4. The van der Waals surface area contributed by atoms with Crippen LogP contribution in [0.2, 0.25) is 5.02 Å². The fourth-order valence-electron chi connectivity index (χ4n) is 2.57. The molecule has 0 spiro atoms. The third-order valence-electron chi connectivity index (χ3n) is 3.56. The highest BCUT2D eigenvalue weighted by molar-refractivity contribution is 6.30. The monoisotopic (exact) mass is 314 g/mol. The third kappa shape index (κ3) is 2.60. The van der Waals surface area contributed by atoms with Crippen LogP contribution in [-0.2, 0) is 0 Å². The van der Waals surface area contributed by atoms with Crippen LogP contribution in [-0.4, -0.2) is 6.61 Å². The summed E-state index contributed by atoms with van der Waals surface area (Å²) >= 11 is 6.02. The summed E-state index contributed by atoms with van der Waals surface area (Å²) in [5.41, 5.74) is 2.32. The Labute approximate surface area is 133 Å². The molecule has 3 nitrogen and oxygen atoms in total. The summed E-state index contributed by atoms with van der Waals surface area (Å²) in [6, 6.07) is 12.7. The van der Waals surface area contributed by atoms with E-state index in [-0.39, 0.29) is 5.63 Å². The van der Waals surface area contributed by atoms with E-state index in [2.05, 4.69) is 0 Å². The van der Waals surface area contributed by atoms with E-state index < -0.39 is 0 Å². The number of hydrogen-bond donors (Lipinski definition) is 0. The molecule has 0 saturated heterocycles. The Kier molecular flexibility index (Phi) is 3.90. The molecule has 1 aromatic heterocycles. The van der Waals surface area contributed by atoms with Gasteiger partial charge in [0.1, 0.15) is 11.3 Å². The van der Waals surface area contributed by atoms with Crippen LogP contribution >= 0.6 is 11.6 Å². The van der Waals surface area contributed by atoms with E-state index in [1.54, 1.807) is 18.2 Å². The predicted octanol–water partition coefficient (Wildman–Crippen LogP) is 4.82. The van der Waals surface area contributed by atoms with Gasteiger partial charge in [-0.1, -0.05) is 23.7 Å². The van der Waals surface area contributed by atoms with Crippen LogP contribution in [0.3, 0.4) is 0 Å². The molecule has 2 aromatic carbocycles. The first-order valence-electron chi connectivity index (χ1n) is 7.06. The average molecular weight is 315 g/mol. The van der Waals surface area contributed by atoms with Crippen molar-refractivity contribution >= 4 is 22.6 Å². The minimum absolute atomic E-state index is 0.374. The summed E-state index contributed by atoms with van der Waals surface area (Å²) in [5.74, 6) is 0.688. The highest BCUT2D eigenvalue weighted by atomic mass is 35.5. The standard InChI is InChI=1S/C18H15ClO3/c1-3-21-14-7-8-15-11(2)17(18(20)22-16(15)10-14)12-5-4-6-13(19)9-12/h4-10H,3H2,1-2H3. The molecule has 0 aliphatic heterocycles. The summed E-state index contributed by atoms with van der Waals surface area (Å²) < 4.78 is 10.9. The molecule has 112 valence electrons. The molecule has 0 aliphatic carbocycles. The molecule has 0 amide bonds. The fourth-order valence-corrected chi connectivity index (χ4v) is 2.76. The largest absolute Gasteiger partial charge is 0.494 e. The Morgan fingerprint density at radius 3 is 2.73 bits per heavy atom. The fraction of sp³-hybridized carbons (Fsp3) is 0.167. The molecule has 0 saturated carbocycles. The molecule has 0 bridgehead atoms. The Morgan fingerprint density at radius 2 is 2.00 bits per heavy atom. The molecule has 0 radical (unpaired) electrons. The summed E-state index contributed by atoms with van der Waals surface area (Å²) in [6.07, 6.45) is 0. The quantitative estimate of drug-likeness (QED) is 0.651. The lowest BCUT2D eigenvalue weighted by atomic mass is 9.99. The molecule has 0 fully saturated rings. The molecule has 3 aromatic rings. The molecule has 0 N–H and O–H groups in total. The van der Waals surface area contributed by atoms with Crippen molar-refractivity contribution in [3.05, 3.63) is 63.5 Å². The topological polar surface area (TPSA) is 39.4 Å². The summed E-state index contributed by atoms with van der Waals surface area (Å²) in [5, 5.41) is 1.47. The Morgan fingerprint density at radius 1 is 1.18 bits per heavy atom. The Hall–Kier alpha value is -2.26. The van der Waals surface area contributed by atoms with Crippen LogP contribution in [0.15, 0.2) is 51.7 Å². The van der Waals surface area contributed by atoms with E-state index in [9.17, 15) is 4.79 Å². The van der Waals surface area contributed by atoms with Crippen molar-refractivity contribution in [2.24, 2.45) is 0 Å². The van der Waals surface area contributed by atoms with Gasteiger partial charge in [0.05, 0.1) is 12.2 Å². The van der Waals surface area contributed by atoms with Gasteiger partial charge in [0, 0.05) is 16.5 Å². The number of ether oxygens (including phenoxy) is 1. The van der Waals surface area contributed by atoms with E-state index in [4.69, 9.17) is 20.8 Å². The first-order chi connectivity index (χ1) is 10.6. The summed E-state index contributed by atoms with van der Waals surface area (Å²) in [6.45, 7) is 4.39. The van der Waals surface area contributed by atoms with Gasteiger partial charge in [-0.2, -0.15) is 0 Å². The zero-order valence-electron chi connectivity index (χ0n) is 12.4. The van der Waals surface area contributed by atoms with Gasteiger partial charge in [0.15, 0.2) is 0 Å². The van der Waals surface area contributed by atoms with Gasteiger partial charge in [-0.05, 0) is 49.2 Å². The van der Waals surface area contributed by atoms with Crippen molar-refractivity contribution in [3.63, 3.8) is 0 Å². The van der Waals surface area contributed by atoms with Crippen LogP contribution in [0.5, 0.6) is 5.75 Å². The van der Waals surface area contributed by atoms with Gasteiger partial charge in [0.2, 0.25) is 0 Å². The van der Waals surface area contributed by atoms with Gasteiger partial charge in [0.25, 0.3) is 0 Å². The van der Waals surface area contributed by atoms with E-state index in [0.29, 0.717) is 28.5 Å². The Bertz CT molecular complexity index is 896. The molecular weight excluding hydrogens is 300 g/mol. The molecule has 0 atom stereocenters. The second-order valence-electron chi connectivity index (χ2n) is 4.99. The lowest BCUT2D eigenvalue weighted by molar-refractivity contribution is 0.340. The van der Waals surface area contributed by atoms with Crippen LogP contribution in [0.4, 0.5) is 0 Å². The smallest absolute Gasteiger partial charge is 0.344 e. The zero-order chi connectivity index (χ0) is 15.7. The summed E-state index contributed by atoms with van der Waals surface area (Å²) in [4.78, 5) is 12.4. The van der Waals surface area contributed by atoms with Crippen LogP contribution < -0.4 is 10.4 Å². The number of fused-ring (bicyclic) bond motifs is 1. The number of hydrogen-bond acceptors (Lipinski definition) is 3. The first-order valence-corrected chi connectivity index (χ1v) is 7.44. The molecule has 0 unspecified atom stereocenters. The number of aryl methyl sites for hydroxylation is 1. The number of halogens is 1. The van der Waals surface area contributed by atoms with Gasteiger partial charge in [-0.25, -0.2) is 4.79 Å². The van der Waals surface area contributed by atoms with Crippen LogP contribution in [0.25, 0.3) is 22.1 Å². The van der Waals surface area contributed by atoms with E-state index >= 15 is 0 Å². The predicted molar refractivity (Wildman–Crippen MR) is 88.8 cm³/mol. The van der Waals surface area contributed by atoms with E-state index in [1.807, 2.05) is 38.1 Å². The van der Waals surface area contributed by atoms with Crippen molar-refractivity contribution in [1.82, 2.24) is 0 Å².